The van der Waals surface area contributed by atoms with Crippen molar-refractivity contribution in [3.63, 3.8) is 0 Å². The normalized spacial score (nSPS) is 19.7. The van der Waals surface area contributed by atoms with Crippen LogP contribution in [0.2, 0.25) is 10.0 Å². The average molecular weight is 519 g/mol. The molecule has 0 saturated carbocycles. The van der Waals surface area contributed by atoms with Crippen LogP contribution in [0, 0.1) is 0 Å². The molecule has 3 aromatic carbocycles. The van der Waals surface area contributed by atoms with Crippen molar-refractivity contribution in [2.75, 3.05) is 11.4 Å². The first-order valence-electron chi connectivity index (χ1n) is 11.0. The van der Waals surface area contributed by atoms with Crippen molar-refractivity contribution in [1.82, 2.24) is 0 Å². The number of oxime groups is 1. The number of anilines is 1. The number of carbonyl (C=O) groups excluding carboxylic acids is 1. The molecule has 0 aliphatic carbocycles. The lowest BCUT2D eigenvalue weighted by Crippen LogP contribution is -2.42. The second-order valence-electron chi connectivity index (χ2n) is 8.56. The van der Waals surface area contributed by atoms with Crippen LogP contribution in [-0.4, -0.2) is 24.3 Å². The molecule has 0 spiro atoms. The highest BCUT2D eigenvalue weighted by molar-refractivity contribution is 6.34. The molecule has 2 heterocycles. The molecule has 0 radical (unpaired) electrons. The summed E-state index contributed by atoms with van der Waals surface area (Å²) in [6, 6.07) is 17.9. The SMILES string of the molecule is O=C(c1ccc(C2=NOC(c3cc(Cl)cc(Cl)c3)(C(F)(F)F)C2)cc1)N1CCCc2ccccc21. The van der Waals surface area contributed by atoms with Crippen LogP contribution in [0.5, 0.6) is 0 Å². The fourth-order valence-electron chi connectivity index (χ4n) is 4.55. The van der Waals surface area contributed by atoms with Crippen molar-refractivity contribution in [3.05, 3.63) is 99.0 Å². The zero-order valence-corrected chi connectivity index (χ0v) is 19.8. The average Bonchev–Trinajstić information content (AvgIpc) is 3.30. The van der Waals surface area contributed by atoms with Gasteiger partial charge >= 0.3 is 6.18 Å². The van der Waals surface area contributed by atoms with Crippen LogP contribution in [0.15, 0.2) is 71.9 Å². The minimum atomic E-state index is -4.77. The molecule has 180 valence electrons. The van der Waals surface area contributed by atoms with E-state index >= 15 is 0 Å². The van der Waals surface area contributed by atoms with Crippen LogP contribution in [0.4, 0.5) is 18.9 Å². The maximum atomic E-state index is 14.2. The maximum Gasteiger partial charge on any atom is 0.435 e. The van der Waals surface area contributed by atoms with E-state index in [2.05, 4.69) is 5.16 Å². The first kappa shape index (κ1) is 23.7. The molecule has 0 aromatic heterocycles. The maximum absolute atomic E-state index is 14.2. The second-order valence-corrected chi connectivity index (χ2v) is 9.43. The number of hydrogen-bond acceptors (Lipinski definition) is 3. The topological polar surface area (TPSA) is 41.9 Å². The lowest BCUT2D eigenvalue weighted by atomic mass is 9.86. The van der Waals surface area contributed by atoms with Crippen LogP contribution in [0.3, 0.4) is 0 Å². The van der Waals surface area contributed by atoms with Gasteiger partial charge in [-0.05, 0) is 60.4 Å². The number of carbonyl (C=O) groups is 1. The molecule has 9 heteroatoms. The van der Waals surface area contributed by atoms with E-state index in [0.717, 1.165) is 24.1 Å². The van der Waals surface area contributed by atoms with Gasteiger partial charge in [-0.3, -0.25) is 4.79 Å². The number of fused-ring (bicyclic) bond motifs is 1. The number of para-hydroxylation sites is 1. The summed E-state index contributed by atoms with van der Waals surface area (Å²) in [6.07, 6.45) is -3.55. The standard InChI is InChI=1S/C26H19Cl2F3N2O2/c27-20-12-19(13-21(28)14-20)25(26(29,30)31)15-22(32-35-25)16-7-9-18(10-8-16)24(34)33-11-3-5-17-4-1-2-6-23(17)33/h1-2,4,6-10,12-14H,3,5,11,15H2. The van der Waals surface area contributed by atoms with Gasteiger partial charge in [0.15, 0.2) is 0 Å². The molecule has 0 N–H and O–H groups in total. The summed E-state index contributed by atoms with van der Waals surface area (Å²) >= 11 is 11.9. The van der Waals surface area contributed by atoms with Gasteiger partial charge < -0.3 is 9.74 Å². The lowest BCUT2D eigenvalue weighted by molar-refractivity contribution is -0.275. The molecule has 1 atom stereocenters. The summed E-state index contributed by atoms with van der Waals surface area (Å²) in [5.41, 5.74) is 0.0523. The molecule has 2 aliphatic rings. The number of halogens is 5. The van der Waals surface area contributed by atoms with Crippen molar-refractivity contribution < 1.29 is 22.8 Å². The Morgan fingerprint density at radius 1 is 1.00 bits per heavy atom. The largest absolute Gasteiger partial charge is 0.435 e. The summed E-state index contributed by atoms with van der Waals surface area (Å²) in [5.74, 6) is -0.161. The second kappa shape index (κ2) is 8.88. The Hall–Kier alpha value is -3.03. The van der Waals surface area contributed by atoms with E-state index in [0.29, 0.717) is 17.7 Å². The first-order chi connectivity index (χ1) is 16.7. The summed E-state index contributed by atoms with van der Waals surface area (Å²) in [7, 11) is 0. The van der Waals surface area contributed by atoms with Gasteiger partial charge in [-0.25, -0.2) is 0 Å². The van der Waals surface area contributed by atoms with Gasteiger partial charge in [0.1, 0.15) is 0 Å². The zero-order valence-electron chi connectivity index (χ0n) is 18.3. The first-order valence-corrected chi connectivity index (χ1v) is 11.7. The Labute approximate surface area is 209 Å². The van der Waals surface area contributed by atoms with Crippen molar-refractivity contribution in [2.24, 2.45) is 5.16 Å². The Kier molecular flexibility index (Phi) is 6.01. The molecule has 4 nitrogen and oxygen atoms in total. The number of alkyl halides is 3. The highest BCUT2D eigenvalue weighted by Gasteiger charge is 2.62. The van der Waals surface area contributed by atoms with Gasteiger partial charge in [0.05, 0.1) is 5.71 Å². The Balaban J connectivity index is 1.40. The Morgan fingerprint density at radius 3 is 2.37 bits per heavy atom. The highest BCUT2D eigenvalue weighted by atomic mass is 35.5. The molecule has 0 bridgehead atoms. The summed E-state index contributed by atoms with van der Waals surface area (Å²) in [4.78, 5) is 20.0. The van der Waals surface area contributed by atoms with Gasteiger partial charge in [-0.15, -0.1) is 0 Å². The van der Waals surface area contributed by atoms with E-state index in [9.17, 15) is 18.0 Å². The van der Waals surface area contributed by atoms with Crippen LogP contribution in [0.1, 0.15) is 39.9 Å². The van der Waals surface area contributed by atoms with E-state index in [-0.39, 0.29) is 27.2 Å². The number of benzene rings is 3. The van der Waals surface area contributed by atoms with Crippen LogP contribution in [-0.2, 0) is 16.9 Å². The lowest BCUT2D eigenvalue weighted by Gasteiger charge is -2.30. The molecule has 1 unspecified atom stereocenters. The van der Waals surface area contributed by atoms with Crippen LogP contribution < -0.4 is 4.90 Å². The predicted octanol–water partition coefficient (Wildman–Crippen LogP) is 7.17. The van der Waals surface area contributed by atoms with Crippen LogP contribution in [0.25, 0.3) is 0 Å². The fraction of sp³-hybridized carbons (Fsp3) is 0.231. The Morgan fingerprint density at radius 2 is 1.69 bits per heavy atom. The van der Waals surface area contributed by atoms with Crippen molar-refractivity contribution in [2.45, 2.75) is 31.0 Å². The highest BCUT2D eigenvalue weighted by Crippen LogP contribution is 2.49. The molecular formula is C26H19Cl2F3N2O2. The minimum Gasteiger partial charge on any atom is -0.374 e. The Bertz CT molecular complexity index is 1300. The smallest absolute Gasteiger partial charge is 0.374 e. The number of amides is 1. The molecular weight excluding hydrogens is 500 g/mol. The van der Waals surface area contributed by atoms with E-state index in [4.69, 9.17) is 28.0 Å². The van der Waals surface area contributed by atoms with Gasteiger partial charge in [0.25, 0.3) is 11.5 Å². The monoisotopic (exact) mass is 518 g/mol. The molecule has 2 aliphatic heterocycles. The molecule has 3 aromatic rings. The molecule has 0 fully saturated rings. The third kappa shape index (κ3) is 4.28. The third-order valence-corrected chi connectivity index (χ3v) is 6.77. The number of nitrogens with zero attached hydrogens (tertiary/aromatic N) is 2. The number of hydrogen-bond donors (Lipinski definition) is 0. The molecule has 1 amide bonds. The zero-order chi connectivity index (χ0) is 24.8. The van der Waals surface area contributed by atoms with E-state index in [1.165, 1.54) is 18.2 Å². The molecule has 35 heavy (non-hydrogen) atoms. The molecule has 5 rings (SSSR count). The third-order valence-electron chi connectivity index (χ3n) is 6.34. The van der Waals surface area contributed by atoms with Gasteiger partial charge in [0.2, 0.25) is 0 Å². The van der Waals surface area contributed by atoms with E-state index in [1.807, 2.05) is 24.3 Å². The van der Waals surface area contributed by atoms with Crippen molar-refractivity contribution >= 4 is 40.5 Å². The van der Waals surface area contributed by atoms with Crippen LogP contribution >= 0.6 is 23.2 Å². The minimum absolute atomic E-state index is 0.0651. The predicted molar refractivity (Wildman–Crippen MR) is 129 cm³/mol. The van der Waals surface area contributed by atoms with Gasteiger partial charge in [-0.1, -0.05) is 58.7 Å². The summed E-state index contributed by atoms with van der Waals surface area (Å²) < 4.78 is 42.6. The quantitative estimate of drug-likeness (QED) is 0.368. The summed E-state index contributed by atoms with van der Waals surface area (Å²) in [6.45, 7) is 0.606. The van der Waals surface area contributed by atoms with E-state index in [1.54, 1.807) is 29.2 Å². The number of aryl methyl sites for hydroxylation is 1. The van der Waals surface area contributed by atoms with Crippen molar-refractivity contribution in [3.8, 4) is 0 Å². The van der Waals surface area contributed by atoms with Crippen molar-refractivity contribution in [1.29, 1.82) is 0 Å². The number of rotatable bonds is 3. The fourth-order valence-corrected chi connectivity index (χ4v) is 5.08. The molecule has 0 saturated heterocycles. The summed E-state index contributed by atoms with van der Waals surface area (Å²) in [5, 5.41) is 3.90. The van der Waals surface area contributed by atoms with E-state index < -0.39 is 18.2 Å². The van der Waals surface area contributed by atoms with Gasteiger partial charge in [-0.2, -0.15) is 13.2 Å². The van der Waals surface area contributed by atoms with Gasteiger partial charge in [0, 0.05) is 39.8 Å².